The zero-order valence-corrected chi connectivity index (χ0v) is 25.5. The van der Waals surface area contributed by atoms with Gasteiger partial charge in [0.1, 0.15) is 17.4 Å². The highest BCUT2D eigenvalue weighted by Gasteiger charge is 2.33. The number of ether oxygens (including phenoxy) is 1. The highest BCUT2D eigenvalue weighted by atomic mass is 32.2. The number of nitrogens with one attached hydrogen (secondary N) is 3. The molecule has 2 rings (SSSR count). The summed E-state index contributed by atoms with van der Waals surface area (Å²) in [5.41, 5.74) is 1.25. The fraction of sp³-hybridized carbons (Fsp3) is 0.414. The van der Waals surface area contributed by atoms with Gasteiger partial charge in [-0.1, -0.05) is 23.9 Å². The second kappa shape index (κ2) is 15.1. The highest BCUT2D eigenvalue weighted by Crippen LogP contribution is 2.35. The molecular weight excluding hydrogens is 572 g/mol. The minimum Gasteiger partial charge on any atom is -0.426 e. The maximum atomic E-state index is 14.1. The van der Waals surface area contributed by atoms with E-state index in [0.29, 0.717) is 22.6 Å². The van der Waals surface area contributed by atoms with Crippen LogP contribution in [0.5, 0.6) is 5.75 Å². The van der Waals surface area contributed by atoms with E-state index in [2.05, 4.69) is 10.6 Å². The lowest BCUT2D eigenvalue weighted by Crippen LogP contribution is -2.50. The Morgan fingerprint density at radius 1 is 1.02 bits per heavy atom. The first-order valence-electron chi connectivity index (χ1n) is 12.7. The van der Waals surface area contributed by atoms with Crippen molar-refractivity contribution in [3.8, 4) is 5.75 Å². The van der Waals surface area contributed by atoms with Crippen LogP contribution in [0.25, 0.3) is 5.57 Å². The minimum absolute atomic E-state index is 0.0232. The van der Waals surface area contributed by atoms with E-state index in [1.807, 2.05) is 13.8 Å². The quantitative estimate of drug-likeness (QED) is 0.162. The van der Waals surface area contributed by atoms with Crippen molar-refractivity contribution in [3.05, 3.63) is 59.2 Å². The maximum absolute atomic E-state index is 14.1. The number of carbonyl (C=O) groups excluding carboxylic acids is 4. The molecule has 0 saturated heterocycles. The van der Waals surface area contributed by atoms with Gasteiger partial charge in [0.2, 0.25) is 16.9 Å². The van der Waals surface area contributed by atoms with Crippen molar-refractivity contribution in [2.45, 2.75) is 64.8 Å². The summed E-state index contributed by atoms with van der Waals surface area (Å²) in [6.07, 6.45) is 3.18. The van der Waals surface area contributed by atoms with Gasteiger partial charge in [0, 0.05) is 55.2 Å². The third-order valence-corrected chi connectivity index (χ3v) is 8.55. The van der Waals surface area contributed by atoms with E-state index in [1.165, 1.54) is 50.7 Å². The smallest absolute Gasteiger partial charge is 0.308 e. The van der Waals surface area contributed by atoms with Gasteiger partial charge < -0.3 is 20.8 Å². The molecule has 0 radical (unpaired) electrons. The average Bonchev–Trinajstić information content (AvgIpc) is 3.03. The lowest BCUT2D eigenvalue weighted by atomic mass is 9.99. The van der Waals surface area contributed by atoms with Crippen molar-refractivity contribution in [2.24, 2.45) is 0 Å². The normalized spacial score (nSPS) is 14.9. The first kappa shape index (κ1) is 34.0. The molecule has 1 aliphatic carbocycles. The molecule has 1 aliphatic rings. The molecule has 0 aliphatic heterocycles. The van der Waals surface area contributed by atoms with Crippen LogP contribution in [0.15, 0.2) is 48.1 Å². The van der Waals surface area contributed by atoms with E-state index >= 15 is 0 Å². The molecular formula is C29H35F2N3O5S2. The molecule has 8 nitrogen and oxygen atoms in total. The summed E-state index contributed by atoms with van der Waals surface area (Å²) in [6, 6.07) is 3.49. The van der Waals surface area contributed by atoms with Gasteiger partial charge in [0.15, 0.2) is 0 Å². The second-order valence-electron chi connectivity index (χ2n) is 10.0. The predicted molar refractivity (Wildman–Crippen MR) is 161 cm³/mol. The van der Waals surface area contributed by atoms with Crippen molar-refractivity contribution in [1.29, 1.82) is 5.41 Å². The Bertz CT molecular complexity index is 1310. The Morgan fingerprint density at radius 2 is 1.68 bits per heavy atom. The lowest BCUT2D eigenvalue weighted by molar-refractivity contribution is -0.132. The molecule has 0 spiro atoms. The molecule has 3 N–H and O–H groups in total. The van der Waals surface area contributed by atoms with Crippen molar-refractivity contribution >= 4 is 57.7 Å². The number of allylic oxidation sites excluding steroid dienone is 6. The second-order valence-corrected chi connectivity index (χ2v) is 12.7. The third-order valence-electron chi connectivity index (χ3n) is 6.04. The standard InChI is InChI=1S/C29H35F2N3O5S2/c1-16(32)25(33-17(2)35)14-41-29(5,6)27(34-18(3)36)15-40-28(38)24-12-21(8-10-26(24)39-19(4)37)20-7-9-22(30)13-23(31)11-20/h7-10,12-13,25,27,32H,11,14-15H2,1-6H3,(H,33,35)(H,34,36). The van der Waals surface area contributed by atoms with Crippen LogP contribution in [0.1, 0.15) is 63.9 Å². The number of carbonyl (C=O) groups is 4. The Labute approximate surface area is 247 Å². The number of halogens is 2. The molecule has 222 valence electrons. The van der Waals surface area contributed by atoms with Crippen molar-refractivity contribution in [1.82, 2.24) is 10.6 Å². The van der Waals surface area contributed by atoms with Crippen LogP contribution in [0.2, 0.25) is 0 Å². The van der Waals surface area contributed by atoms with E-state index in [9.17, 15) is 28.0 Å². The van der Waals surface area contributed by atoms with Crippen LogP contribution in [0.4, 0.5) is 8.78 Å². The Kier molecular flexibility index (Phi) is 12.5. The van der Waals surface area contributed by atoms with Gasteiger partial charge in [0.05, 0.1) is 17.6 Å². The number of hydrogen-bond acceptors (Lipinski definition) is 8. The Balaban J connectivity index is 2.31. The molecule has 1 aromatic rings. The van der Waals surface area contributed by atoms with Gasteiger partial charge >= 0.3 is 5.97 Å². The predicted octanol–water partition coefficient (Wildman–Crippen LogP) is 5.54. The SMILES string of the molecule is CC(=N)C(CSC(C)(C)C(CSC(=O)c1cc(C2=CC=C(F)C=C(F)C2)ccc1OC(C)=O)NC(C)=O)NC(C)=O. The van der Waals surface area contributed by atoms with Crippen molar-refractivity contribution < 1.29 is 32.7 Å². The molecule has 0 bridgehead atoms. The minimum atomic E-state index is -0.732. The zero-order chi connectivity index (χ0) is 30.9. The number of rotatable bonds is 12. The van der Waals surface area contributed by atoms with Crippen LogP contribution < -0.4 is 15.4 Å². The van der Waals surface area contributed by atoms with Crippen LogP contribution >= 0.6 is 23.5 Å². The topological polar surface area (TPSA) is 125 Å². The van der Waals surface area contributed by atoms with Gasteiger partial charge in [-0.3, -0.25) is 19.2 Å². The summed E-state index contributed by atoms with van der Waals surface area (Å²) in [5, 5.41) is 13.1. The molecule has 2 unspecified atom stereocenters. The largest absolute Gasteiger partial charge is 0.426 e. The third kappa shape index (κ3) is 10.9. The summed E-state index contributed by atoms with van der Waals surface area (Å²) < 4.78 is 32.4. The fourth-order valence-electron chi connectivity index (χ4n) is 3.82. The first-order valence-corrected chi connectivity index (χ1v) is 14.7. The molecule has 0 heterocycles. The van der Waals surface area contributed by atoms with Gasteiger partial charge in [-0.25, -0.2) is 8.78 Å². The van der Waals surface area contributed by atoms with E-state index < -0.39 is 39.6 Å². The molecule has 0 fully saturated rings. The maximum Gasteiger partial charge on any atom is 0.308 e. The van der Waals surface area contributed by atoms with Crippen molar-refractivity contribution in [2.75, 3.05) is 11.5 Å². The first-order chi connectivity index (χ1) is 19.1. The Morgan fingerprint density at radius 3 is 2.27 bits per heavy atom. The van der Waals surface area contributed by atoms with Gasteiger partial charge in [-0.15, -0.1) is 0 Å². The number of thioether (sulfide) groups is 2. The van der Waals surface area contributed by atoms with Gasteiger partial charge in [-0.2, -0.15) is 11.8 Å². The van der Waals surface area contributed by atoms with E-state index in [-0.39, 0.29) is 35.3 Å². The van der Waals surface area contributed by atoms with Gasteiger partial charge in [0.25, 0.3) is 0 Å². The molecule has 2 atom stereocenters. The van der Waals surface area contributed by atoms with E-state index in [1.54, 1.807) is 13.0 Å². The molecule has 0 aromatic heterocycles. The van der Waals surface area contributed by atoms with Crippen LogP contribution in [-0.4, -0.2) is 56.9 Å². The molecule has 2 amide bonds. The summed E-state index contributed by atoms with van der Waals surface area (Å²) in [5.74, 6) is -2.03. The van der Waals surface area contributed by atoms with Crippen molar-refractivity contribution in [3.63, 3.8) is 0 Å². The highest BCUT2D eigenvalue weighted by molar-refractivity contribution is 8.14. The lowest BCUT2D eigenvalue weighted by Gasteiger charge is -2.35. The molecule has 12 heteroatoms. The number of hydrogen-bond donors (Lipinski definition) is 3. The number of amides is 2. The average molecular weight is 608 g/mol. The van der Waals surface area contributed by atoms with Crippen LogP contribution in [0, 0.1) is 5.41 Å². The fourth-order valence-corrected chi connectivity index (χ4v) is 6.33. The number of esters is 1. The summed E-state index contributed by atoms with van der Waals surface area (Å²) in [6.45, 7) is 9.34. The van der Waals surface area contributed by atoms with E-state index in [4.69, 9.17) is 10.1 Å². The van der Waals surface area contributed by atoms with Gasteiger partial charge in [-0.05, 0) is 50.1 Å². The molecule has 0 saturated carbocycles. The Hall–Kier alpha value is -3.25. The monoisotopic (exact) mass is 607 g/mol. The number of benzene rings is 1. The van der Waals surface area contributed by atoms with E-state index in [0.717, 1.165) is 23.9 Å². The van der Waals surface area contributed by atoms with Crippen LogP contribution in [-0.2, 0) is 14.4 Å². The zero-order valence-electron chi connectivity index (χ0n) is 23.9. The molecule has 41 heavy (non-hydrogen) atoms. The summed E-state index contributed by atoms with van der Waals surface area (Å²) in [4.78, 5) is 48.8. The van der Waals surface area contributed by atoms with Crippen LogP contribution in [0.3, 0.4) is 0 Å². The summed E-state index contributed by atoms with van der Waals surface area (Å²) >= 11 is 2.35. The molecule has 1 aromatic carbocycles. The summed E-state index contributed by atoms with van der Waals surface area (Å²) in [7, 11) is 0.